The Labute approximate surface area is 213 Å². The minimum absolute atomic E-state index is 0.0458. The third kappa shape index (κ3) is 6.05. The van der Waals surface area contributed by atoms with Crippen LogP contribution in [0.15, 0.2) is 91.0 Å². The van der Waals surface area contributed by atoms with Gasteiger partial charge in [0.15, 0.2) is 5.75 Å². The molecule has 1 unspecified atom stereocenters. The average molecular weight is 521 g/mol. The number of hydrogen-bond donors (Lipinski definition) is 1. The standard InChI is InChI=1S/C27H22ClN2O5P/c1-19(27(31)33-18-20-9-3-2-4-10-20)30-36(32,35-26-22(17-29)13-7-15-24(26)28)34-25-16-8-12-21-11-5-6-14-23(21)25/h2-16,19H,18H2,1H3,(H,30,32)/t19-,36?/m0/s1. The van der Waals surface area contributed by atoms with Crippen LogP contribution in [0.1, 0.15) is 18.1 Å². The van der Waals surface area contributed by atoms with Crippen molar-refractivity contribution >= 4 is 36.1 Å². The Morgan fingerprint density at radius 3 is 2.44 bits per heavy atom. The lowest BCUT2D eigenvalue weighted by Crippen LogP contribution is -2.35. The van der Waals surface area contributed by atoms with Crippen LogP contribution in [0, 0.1) is 11.3 Å². The number of benzene rings is 4. The summed E-state index contributed by atoms with van der Waals surface area (Å²) in [4.78, 5) is 12.7. The molecule has 0 saturated heterocycles. The van der Waals surface area contributed by atoms with E-state index in [1.807, 2.05) is 66.7 Å². The quantitative estimate of drug-likeness (QED) is 0.195. The fraction of sp³-hybridized carbons (Fsp3) is 0.111. The van der Waals surface area contributed by atoms with E-state index in [0.717, 1.165) is 10.9 Å². The second kappa shape index (κ2) is 11.3. The maximum atomic E-state index is 14.1. The molecule has 0 fully saturated rings. The van der Waals surface area contributed by atoms with Crippen LogP contribution in [0.25, 0.3) is 10.8 Å². The number of carbonyl (C=O) groups excluding carboxylic acids is 1. The maximum Gasteiger partial charge on any atom is 0.513 e. The van der Waals surface area contributed by atoms with Gasteiger partial charge in [0.05, 0.1) is 10.6 Å². The number of esters is 1. The lowest BCUT2D eigenvalue weighted by atomic mass is 10.1. The van der Waals surface area contributed by atoms with Gasteiger partial charge in [-0.25, -0.2) is 4.57 Å². The molecule has 0 spiro atoms. The third-order valence-corrected chi connectivity index (χ3v) is 7.06. The zero-order valence-corrected chi connectivity index (χ0v) is 20.9. The molecule has 4 aromatic rings. The summed E-state index contributed by atoms with van der Waals surface area (Å²) in [6, 6.07) is 27.2. The zero-order chi connectivity index (χ0) is 25.5. The van der Waals surface area contributed by atoms with Crippen molar-refractivity contribution in [2.75, 3.05) is 0 Å². The highest BCUT2D eigenvalue weighted by Crippen LogP contribution is 2.49. The molecule has 2 atom stereocenters. The number of fused-ring (bicyclic) bond motifs is 1. The van der Waals surface area contributed by atoms with Gasteiger partial charge in [0, 0.05) is 5.39 Å². The van der Waals surface area contributed by atoms with E-state index in [0.29, 0.717) is 5.39 Å². The Morgan fingerprint density at radius 1 is 0.972 bits per heavy atom. The van der Waals surface area contributed by atoms with Crippen molar-refractivity contribution in [1.82, 2.24) is 5.09 Å². The summed E-state index contributed by atoms with van der Waals surface area (Å²) in [5, 5.41) is 13.7. The number of hydrogen-bond acceptors (Lipinski definition) is 6. The molecular weight excluding hydrogens is 499 g/mol. The van der Waals surface area contributed by atoms with Crippen LogP contribution >= 0.6 is 19.3 Å². The molecule has 9 heteroatoms. The van der Waals surface area contributed by atoms with Gasteiger partial charge in [0.25, 0.3) is 0 Å². The van der Waals surface area contributed by atoms with Gasteiger partial charge in [-0.15, -0.1) is 0 Å². The topological polar surface area (TPSA) is 97.6 Å². The Bertz CT molecular complexity index is 1470. The van der Waals surface area contributed by atoms with Gasteiger partial charge in [-0.3, -0.25) is 4.79 Å². The molecule has 1 N–H and O–H groups in total. The molecule has 0 heterocycles. The Kier molecular flexibility index (Phi) is 7.92. The summed E-state index contributed by atoms with van der Waals surface area (Å²) in [7, 11) is -4.33. The van der Waals surface area contributed by atoms with Crippen LogP contribution in [0.2, 0.25) is 5.02 Å². The van der Waals surface area contributed by atoms with Crippen molar-refractivity contribution in [3.63, 3.8) is 0 Å². The van der Waals surface area contributed by atoms with Gasteiger partial charge < -0.3 is 13.8 Å². The molecule has 0 radical (unpaired) electrons. The number of para-hydroxylation sites is 1. The van der Waals surface area contributed by atoms with Gasteiger partial charge in [-0.2, -0.15) is 10.3 Å². The van der Waals surface area contributed by atoms with E-state index in [4.69, 9.17) is 25.4 Å². The maximum absolute atomic E-state index is 14.1. The third-order valence-electron chi connectivity index (χ3n) is 5.20. The highest BCUT2D eigenvalue weighted by Gasteiger charge is 2.35. The van der Waals surface area contributed by atoms with Gasteiger partial charge in [0.2, 0.25) is 0 Å². The molecule has 0 amide bonds. The van der Waals surface area contributed by atoms with Crippen molar-refractivity contribution in [3.8, 4) is 17.6 Å². The smallest absolute Gasteiger partial charge is 0.460 e. The van der Waals surface area contributed by atoms with E-state index in [9.17, 15) is 14.6 Å². The van der Waals surface area contributed by atoms with Crippen molar-refractivity contribution in [2.45, 2.75) is 19.6 Å². The summed E-state index contributed by atoms with van der Waals surface area (Å²) >= 11 is 6.26. The molecule has 7 nitrogen and oxygen atoms in total. The van der Waals surface area contributed by atoms with Gasteiger partial charge in [-0.1, -0.05) is 84.4 Å². The normalized spacial score (nSPS) is 13.2. The highest BCUT2D eigenvalue weighted by molar-refractivity contribution is 7.52. The first-order chi connectivity index (χ1) is 17.4. The predicted molar refractivity (Wildman–Crippen MR) is 138 cm³/mol. The molecule has 0 aliphatic rings. The first kappa shape index (κ1) is 25.3. The molecule has 36 heavy (non-hydrogen) atoms. The first-order valence-corrected chi connectivity index (χ1v) is 12.9. The molecular formula is C27H22ClN2O5P. The lowest BCUT2D eigenvalue weighted by molar-refractivity contribution is -0.146. The Balaban J connectivity index is 1.63. The minimum atomic E-state index is -4.33. The molecule has 4 aromatic carbocycles. The van der Waals surface area contributed by atoms with E-state index in [2.05, 4.69) is 5.09 Å². The van der Waals surface area contributed by atoms with Crippen LogP contribution in [-0.2, 0) is 20.7 Å². The summed E-state index contributed by atoms with van der Waals surface area (Å²) in [6.07, 6.45) is 0. The number of nitrogens with one attached hydrogen (secondary N) is 1. The number of carbonyl (C=O) groups is 1. The van der Waals surface area contributed by atoms with Crippen molar-refractivity contribution < 1.29 is 23.1 Å². The molecule has 0 saturated carbocycles. The second-order valence-corrected chi connectivity index (χ2v) is 9.86. The highest BCUT2D eigenvalue weighted by atomic mass is 35.5. The SMILES string of the molecule is C[C@H](NP(=O)(Oc1c(Cl)cccc1C#N)Oc1cccc2ccccc12)C(=O)OCc1ccccc1. The Hall–Kier alpha value is -3.82. The summed E-state index contributed by atoms with van der Waals surface area (Å²) in [6.45, 7) is 1.53. The molecule has 0 aromatic heterocycles. The number of halogens is 1. The molecule has 0 aliphatic carbocycles. The molecule has 0 aliphatic heterocycles. The predicted octanol–water partition coefficient (Wildman–Crippen LogP) is 6.65. The number of nitrogens with zero attached hydrogens (tertiary/aromatic N) is 1. The van der Waals surface area contributed by atoms with Crippen molar-refractivity contribution in [1.29, 1.82) is 5.26 Å². The second-order valence-electron chi connectivity index (χ2n) is 7.83. The number of nitriles is 1. The van der Waals surface area contributed by atoms with Gasteiger partial charge in [0.1, 0.15) is 24.5 Å². The first-order valence-electron chi connectivity index (χ1n) is 11.0. The number of ether oxygens (including phenoxy) is 1. The van der Waals surface area contributed by atoms with Gasteiger partial charge >= 0.3 is 13.7 Å². The molecule has 182 valence electrons. The largest absolute Gasteiger partial charge is 0.513 e. The van der Waals surface area contributed by atoms with Crippen molar-refractivity contribution in [2.24, 2.45) is 0 Å². The van der Waals surface area contributed by atoms with Crippen LogP contribution < -0.4 is 14.1 Å². The molecule has 0 bridgehead atoms. The zero-order valence-electron chi connectivity index (χ0n) is 19.3. The van der Waals surface area contributed by atoms with Gasteiger partial charge in [-0.05, 0) is 36.1 Å². The van der Waals surface area contributed by atoms with Crippen LogP contribution in [0.3, 0.4) is 0 Å². The van der Waals surface area contributed by atoms with Crippen LogP contribution in [0.4, 0.5) is 0 Å². The monoisotopic (exact) mass is 520 g/mol. The minimum Gasteiger partial charge on any atom is -0.460 e. The molecule has 4 rings (SSSR count). The van der Waals surface area contributed by atoms with E-state index in [1.54, 1.807) is 18.2 Å². The van der Waals surface area contributed by atoms with Crippen molar-refractivity contribution in [3.05, 3.63) is 107 Å². The fourth-order valence-corrected chi connectivity index (χ4v) is 5.27. The number of rotatable bonds is 9. The van der Waals surface area contributed by atoms with E-state index in [-0.39, 0.29) is 28.7 Å². The fourth-order valence-electron chi connectivity index (χ4n) is 3.43. The summed E-state index contributed by atoms with van der Waals surface area (Å²) in [5.74, 6) is -0.522. The average Bonchev–Trinajstić information content (AvgIpc) is 2.89. The van der Waals surface area contributed by atoms with E-state index < -0.39 is 19.8 Å². The van der Waals surface area contributed by atoms with Crippen LogP contribution in [0.5, 0.6) is 11.5 Å². The summed E-state index contributed by atoms with van der Waals surface area (Å²) in [5.41, 5.74) is 0.865. The summed E-state index contributed by atoms with van der Waals surface area (Å²) < 4.78 is 31.1. The lowest BCUT2D eigenvalue weighted by Gasteiger charge is -2.24. The Morgan fingerprint density at radius 2 is 1.67 bits per heavy atom. The van der Waals surface area contributed by atoms with Crippen LogP contribution in [-0.4, -0.2) is 12.0 Å². The van der Waals surface area contributed by atoms with E-state index in [1.165, 1.54) is 19.1 Å². The van der Waals surface area contributed by atoms with E-state index >= 15 is 0 Å².